The number of aliphatic hydroxyl groups excluding tert-OH is 1. The van der Waals surface area contributed by atoms with Crippen LogP contribution < -0.4 is 4.74 Å². The van der Waals surface area contributed by atoms with Gasteiger partial charge in [0.1, 0.15) is 18.5 Å². The quantitative estimate of drug-likeness (QED) is 0.756. The molecule has 0 bridgehead atoms. The van der Waals surface area contributed by atoms with E-state index in [1.54, 1.807) is 0 Å². The van der Waals surface area contributed by atoms with Gasteiger partial charge in [0.2, 0.25) is 0 Å². The Hall–Kier alpha value is -1.84. The second-order valence-corrected chi connectivity index (χ2v) is 8.27. The summed E-state index contributed by atoms with van der Waals surface area (Å²) in [5.41, 5.74) is 1.53. The summed E-state index contributed by atoms with van der Waals surface area (Å²) in [7, 11) is 0. The van der Waals surface area contributed by atoms with Gasteiger partial charge in [0, 0.05) is 6.54 Å². The molecule has 27 heavy (non-hydrogen) atoms. The molecule has 1 unspecified atom stereocenters. The van der Waals surface area contributed by atoms with Crippen LogP contribution in [0.25, 0.3) is 0 Å². The Balaban J connectivity index is 1.13. The van der Waals surface area contributed by atoms with Crippen LogP contribution in [0.5, 0.6) is 5.75 Å². The lowest BCUT2D eigenvalue weighted by molar-refractivity contribution is 0.0539. The fourth-order valence-electron chi connectivity index (χ4n) is 4.51. The number of likely N-dealkylation sites (tertiary alicyclic amines) is 1. The number of hydrogen-bond acceptors (Lipinski definition) is 3. The average molecular weight is 366 g/mol. The lowest BCUT2D eigenvalue weighted by Crippen LogP contribution is -2.40. The first-order chi connectivity index (χ1) is 13.3. The van der Waals surface area contributed by atoms with E-state index in [9.17, 15) is 5.11 Å². The van der Waals surface area contributed by atoms with Gasteiger partial charge in [-0.25, -0.2) is 0 Å². The van der Waals surface area contributed by atoms with E-state index in [0.717, 1.165) is 43.1 Å². The zero-order valence-electron chi connectivity index (χ0n) is 16.0. The molecule has 1 N–H and O–H groups in total. The van der Waals surface area contributed by atoms with Crippen molar-refractivity contribution in [3.05, 3.63) is 66.2 Å². The first-order valence-corrected chi connectivity index (χ1v) is 10.4. The molecule has 144 valence electrons. The minimum atomic E-state index is -0.423. The van der Waals surface area contributed by atoms with Gasteiger partial charge in [-0.3, -0.25) is 0 Å². The van der Waals surface area contributed by atoms with E-state index in [1.807, 2.05) is 30.3 Å². The highest BCUT2D eigenvalue weighted by Gasteiger charge is 2.39. The third-order valence-corrected chi connectivity index (χ3v) is 6.15. The molecule has 0 spiro atoms. The molecule has 0 radical (unpaired) electrons. The largest absolute Gasteiger partial charge is 0.491 e. The Bertz CT molecular complexity index is 682. The maximum atomic E-state index is 10.3. The van der Waals surface area contributed by atoms with Gasteiger partial charge in [0.25, 0.3) is 0 Å². The summed E-state index contributed by atoms with van der Waals surface area (Å²) in [6, 6.07) is 20.7. The van der Waals surface area contributed by atoms with Crippen molar-refractivity contribution >= 4 is 0 Å². The number of benzene rings is 2. The van der Waals surface area contributed by atoms with Crippen LogP contribution in [0.2, 0.25) is 0 Å². The molecule has 2 aromatic carbocycles. The summed E-state index contributed by atoms with van der Waals surface area (Å²) in [6.45, 7) is 3.30. The van der Waals surface area contributed by atoms with Crippen molar-refractivity contribution in [3.63, 3.8) is 0 Å². The Morgan fingerprint density at radius 1 is 0.963 bits per heavy atom. The topological polar surface area (TPSA) is 32.7 Å². The highest BCUT2D eigenvalue weighted by atomic mass is 16.5. The predicted octanol–water partition coefficient (Wildman–Crippen LogP) is 4.33. The van der Waals surface area contributed by atoms with Gasteiger partial charge >= 0.3 is 0 Å². The zero-order chi connectivity index (χ0) is 18.5. The van der Waals surface area contributed by atoms with E-state index in [4.69, 9.17) is 4.74 Å². The van der Waals surface area contributed by atoms with Crippen molar-refractivity contribution in [1.82, 2.24) is 4.90 Å². The summed E-state index contributed by atoms with van der Waals surface area (Å²) in [6.07, 6.45) is 4.87. The SMILES string of the molecule is OC(COc1ccccc1)CN1CCC(C[C@@H]2C[C@H]2c2ccccc2)CC1. The van der Waals surface area contributed by atoms with Gasteiger partial charge in [-0.05, 0) is 74.2 Å². The van der Waals surface area contributed by atoms with E-state index in [2.05, 4.69) is 35.2 Å². The lowest BCUT2D eigenvalue weighted by atomic mass is 9.90. The minimum absolute atomic E-state index is 0.366. The molecule has 1 saturated carbocycles. The van der Waals surface area contributed by atoms with E-state index >= 15 is 0 Å². The molecule has 3 atom stereocenters. The summed E-state index contributed by atoms with van der Waals surface area (Å²) in [5, 5.41) is 10.3. The van der Waals surface area contributed by atoms with Crippen molar-refractivity contribution in [2.45, 2.75) is 37.7 Å². The van der Waals surface area contributed by atoms with E-state index in [-0.39, 0.29) is 0 Å². The molecule has 1 heterocycles. The van der Waals surface area contributed by atoms with Crippen LogP contribution >= 0.6 is 0 Å². The number of para-hydroxylation sites is 1. The lowest BCUT2D eigenvalue weighted by Gasteiger charge is -2.33. The van der Waals surface area contributed by atoms with Crippen LogP contribution in [0.3, 0.4) is 0 Å². The molecule has 3 nitrogen and oxygen atoms in total. The first kappa shape index (κ1) is 18.5. The van der Waals surface area contributed by atoms with Crippen LogP contribution in [0.1, 0.15) is 37.2 Å². The van der Waals surface area contributed by atoms with Crippen LogP contribution in [-0.2, 0) is 0 Å². The van der Waals surface area contributed by atoms with Gasteiger partial charge in [-0.15, -0.1) is 0 Å². The summed E-state index contributed by atoms with van der Waals surface area (Å²) in [5.74, 6) is 3.39. The standard InChI is InChI=1S/C24H31NO2/c26-22(18-27-23-9-5-2-6-10-23)17-25-13-11-19(12-14-25)15-21-16-24(21)20-7-3-1-4-8-20/h1-10,19,21-22,24,26H,11-18H2/t21-,22?,24+/m1/s1. The molecule has 0 aromatic heterocycles. The molecule has 2 fully saturated rings. The Morgan fingerprint density at radius 2 is 1.63 bits per heavy atom. The van der Waals surface area contributed by atoms with Gasteiger partial charge in [-0.1, -0.05) is 48.5 Å². The number of rotatable bonds is 8. The van der Waals surface area contributed by atoms with E-state index in [0.29, 0.717) is 6.61 Å². The van der Waals surface area contributed by atoms with Crippen LogP contribution in [0.15, 0.2) is 60.7 Å². The third-order valence-electron chi connectivity index (χ3n) is 6.15. The van der Waals surface area contributed by atoms with Crippen LogP contribution in [0, 0.1) is 11.8 Å². The highest BCUT2D eigenvalue weighted by molar-refractivity contribution is 5.25. The van der Waals surface area contributed by atoms with Gasteiger partial charge in [0.15, 0.2) is 0 Å². The summed E-state index contributed by atoms with van der Waals surface area (Å²) >= 11 is 0. The van der Waals surface area contributed by atoms with Gasteiger partial charge in [0.05, 0.1) is 0 Å². The van der Waals surface area contributed by atoms with Crippen molar-refractivity contribution in [2.24, 2.45) is 11.8 Å². The number of β-amino-alcohol motifs (C(OH)–C–C–N with tert-alkyl or cyclic N) is 1. The van der Waals surface area contributed by atoms with Crippen molar-refractivity contribution in [1.29, 1.82) is 0 Å². The molecule has 2 aromatic rings. The molecule has 2 aliphatic rings. The predicted molar refractivity (Wildman–Crippen MR) is 109 cm³/mol. The molecule has 4 rings (SSSR count). The molecule has 1 aliphatic heterocycles. The smallest absolute Gasteiger partial charge is 0.119 e. The van der Waals surface area contributed by atoms with E-state index < -0.39 is 6.10 Å². The summed E-state index contributed by atoms with van der Waals surface area (Å²) < 4.78 is 5.67. The molecular formula is C24H31NO2. The third kappa shape index (κ3) is 5.33. The van der Waals surface area contributed by atoms with Crippen molar-refractivity contribution in [2.75, 3.05) is 26.2 Å². The Labute approximate surface area is 163 Å². The minimum Gasteiger partial charge on any atom is -0.491 e. The monoisotopic (exact) mass is 365 g/mol. The molecular weight excluding hydrogens is 334 g/mol. The Kier molecular flexibility index (Phi) is 6.10. The van der Waals surface area contributed by atoms with Gasteiger partial charge in [-0.2, -0.15) is 0 Å². The number of hydrogen-bond donors (Lipinski definition) is 1. The molecule has 1 aliphatic carbocycles. The number of ether oxygens (including phenoxy) is 1. The number of piperidine rings is 1. The first-order valence-electron chi connectivity index (χ1n) is 10.4. The highest BCUT2D eigenvalue weighted by Crippen LogP contribution is 2.51. The Morgan fingerprint density at radius 3 is 2.33 bits per heavy atom. The number of nitrogens with zero attached hydrogens (tertiary/aromatic N) is 1. The fourth-order valence-corrected chi connectivity index (χ4v) is 4.51. The van der Waals surface area contributed by atoms with Crippen LogP contribution in [-0.4, -0.2) is 42.4 Å². The molecule has 3 heteroatoms. The van der Waals surface area contributed by atoms with E-state index in [1.165, 1.54) is 31.2 Å². The second-order valence-electron chi connectivity index (χ2n) is 8.27. The maximum Gasteiger partial charge on any atom is 0.119 e. The normalized spacial score (nSPS) is 24.5. The van der Waals surface area contributed by atoms with Crippen molar-refractivity contribution < 1.29 is 9.84 Å². The van der Waals surface area contributed by atoms with Crippen LogP contribution in [0.4, 0.5) is 0 Å². The average Bonchev–Trinajstić information content (AvgIpc) is 3.49. The maximum absolute atomic E-state index is 10.3. The number of aliphatic hydroxyl groups is 1. The zero-order valence-corrected chi connectivity index (χ0v) is 16.0. The fraction of sp³-hybridized carbons (Fsp3) is 0.500. The summed E-state index contributed by atoms with van der Waals surface area (Å²) in [4.78, 5) is 2.40. The second kappa shape index (κ2) is 8.90. The molecule has 0 amide bonds. The van der Waals surface area contributed by atoms with Crippen molar-refractivity contribution in [3.8, 4) is 5.75 Å². The molecule has 1 saturated heterocycles. The van der Waals surface area contributed by atoms with Gasteiger partial charge < -0.3 is 14.7 Å².